The Labute approximate surface area is 224 Å². The molecule has 10 heteroatoms. The van der Waals surface area contributed by atoms with Crippen molar-refractivity contribution in [1.82, 2.24) is 10.3 Å². The summed E-state index contributed by atoms with van der Waals surface area (Å²) in [6, 6.07) is 10.1. The molecular weight excluding hydrogens is 516 g/mol. The Kier molecular flexibility index (Phi) is 8.37. The number of hydrogen-bond donors (Lipinski definition) is 2. The zero-order valence-electron chi connectivity index (χ0n) is 22.2. The fourth-order valence-electron chi connectivity index (χ4n) is 3.98. The largest absolute Gasteiger partial charge is 0.573 e. The Hall–Kier alpha value is -3.37. The predicted molar refractivity (Wildman–Crippen MR) is 139 cm³/mol. The molecule has 0 spiro atoms. The summed E-state index contributed by atoms with van der Waals surface area (Å²) in [4.78, 5) is 4.17. The number of aliphatic hydroxyl groups is 1. The summed E-state index contributed by atoms with van der Waals surface area (Å²) in [5, 5.41) is 13.4. The van der Waals surface area contributed by atoms with Gasteiger partial charge in [-0.15, -0.1) is 13.2 Å². The van der Waals surface area contributed by atoms with E-state index >= 15 is 0 Å². The van der Waals surface area contributed by atoms with Crippen LogP contribution in [0.4, 0.5) is 17.6 Å². The highest BCUT2D eigenvalue weighted by Crippen LogP contribution is 2.50. The molecule has 39 heavy (non-hydrogen) atoms. The number of aromatic nitrogens is 1. The maximum atomic E-state index is 13.7. The van der Waals surface area contributed by atoms with E-state index in [9.17, 15) is 22.7 Å². The third-order valence-electron chi connectivity index (χ3n) is 6.05. The maximum Gasteiger partial charge on any atom is 0.573 e. The molecule has 210 valence electrons. The Morgan fingerprint density at radius 1 is 1.03 bits per heavy atom. The molecule has 2 N–H and O–H groups in total. The van der Waals surface area contributed by atoms with Crippen LogP contribution in [0, 0.1) is 12.7 Å². The number of hydrogen-bond acceptors (Lipinski definition) is 6. The summed E-state index contributed by atoms with van der Waals surface area (Å²) < 4.78 is 69.8. The number of aliphatic hydroxyl groups excluding tert-OH is 1. The summed E-state index contributed by atoms with van der Waals surface area (Å²) in [6.45, 7) is 7.87. The third-order valence-corrected chi connectivity index (χ3v) is 6.05. The van der Waals surface area contributed by atoms with Crippen LogP contribution in [0.1, 0.15) is 50.7 Å². The smallest absolute Gasteiger partial charge is 0.475 e. The second-order valence-corrected chi connectivity index (χ2v) is 10.7. The lowest BCUT2D eigenvalue weighted by atomic mass is 10.00. The molecule has 3 aromatic rings. The van der Waals surface area contributed by atoms with Gasteiger partial charge in [0.25, 0.3) is 0 Å². The monoisotopic (exact) mass is 548 g/mol. The number of nitrogens with one attached hydrogen (secondary N) is 1. The van der Waals surface area contributed by atoms with E-state index in [4.69, 9.17) is 9.47 Å². The van der Waals surface area contributed by atoms with Crippen LogP contribution in [-0.4, -0.2) is 41.2 Å². The minimum Gasteiger partial charge on any atom is -0.475 e. The lowest BCUT2D eigenvalue weighted by molar-refractivity contribution is -0.274. The highest BCUT2D eigenvalue weighted by molar-refractivity contribution is 5.74. The second-order valence-electron chi connectivity index (χ2n) is 10.7. The van der Waals surface area contributed by atoms with Gasteiger partial charge >= 0.3 is 6.36 Å². The van der Waals surface area contributed by atoms with Crippen molar-refractivity contribution in [2.45, 2.75) is 64.5 Å². The van der Waals surface area contributed by atoms with E-state index in [1.165, 1.54) is 30.5 Å². The SMILES string of the molecule is Cc1cc(F)ccc1Oc1cc(C2CC2)c(OC(F)(F)F)cc1-c1ccnc(OCC(O)CNC(C)(C)C)c1. The van der Waals surface area contributed by atoms with Crippen molar-refractivity contribution in [3.8, 4) is 34.3 Å². The zero-order valence-corrected chi connectivity index (χ0v) is 22.2. The van der Waals surface area contributed by atoms with Crippen molar-refractivity contribution in [2.24, 2.45) is 0 Å². The number of β-amino-alcohol motifs (C(OH)–C–C–N with tert-alkyl or cyclic N) is 1. The number of alkyl halides is 3. The van der Waals surface area contributed by atoms with Crippen molar-refractivity contribution in [1.29, 1.82) is 0 Å². The molecule has 1 fully saturated rings. The number of aryl methyl sites for hydroxylation is 1. The van der Waals surface area contributed by atoms with Gasteiger partial charge in [-0.1, -0.05) is 0 Å². The molecule has 1 aromatic heterocycles. The highest BCUT2D eigenvalue weighted by Gasteiger charge is 2.36. The van der Waals surface area contributed by atoms with Crippen molar-refractivity contribution in [3.63, 3.8) is 0 Å². The Balaban J connectivity index is 1.68. The van der Waals surface area contributed by atoms with Crippen LogP contribution in [0.3, 0.4) is 0 Å². The van der Waals surface area contributed by atoms with E-state index in [-0.39, 0.29) is 35.4 Å². The second kappa shape index (κ2) is 11.4. The van der Waals surface area contributed by atoms with E-state index in [0.29, 0.717) is 34.5 Å². The van der Waals surface area contributed by atoms with Crippen LogP contribution in [0.15, 0.2) is 48.7 Å². The Bertz CT molecular complexity index is 1300. The van der Waals surface area contributed by atoms with E-state index in [2.05, 4.69) is 15.0 Å². The van der Waals surface area contributed by atoms with Crippen LogP contribution in [0.5, 0.6) is 23.1 Å². The van der Waals surface area contributed by atoms with Gasteiger partial charge < -0.3 is 24.6 Å². The van der Waals surface area contributed by atoms with Gasteiger partial charge in [0, 0.05) is 35.5 Å². The Morgan fingerprint density at radius 2 is 1.77 bits per heavy atom. The van der Waals surface area contributed by atoms with E-state index in [1.54, 1.807) is 25.1 Å². The first-order chi connectivity index (χ1) is 18.3. The van der Waals surface area contributed by atoms with Gasteiger partial charge in [-0.2, -0.15) is 0 Å². The first-order valence-electron chi connectivity index (χ1n) is 12.7. The molecule has 0 saturated heterocycles. The summed E-state index contributed by atoms with van der Waals surface area (Å²) in [5.41, 5.74) is 1.52. The molecular formula is C29H32F4N2O4. The van der Waals surface area contributed by atoms with E-state index in [0.717, 1.165) is 12.8 Å². The normalized spacial score (nSPS) is 14.7. The molecule has 0 aliphatic heterocycles. The van der Waals surface area contributed by atoms with Crippen molar-refractivity contribution < 1.29 is 36.9 Å². The molecule has 2 aromatic carbocycles. The van der Waals surface area contributed by atoms with Gasteiger partial charge in [0.1, 0.15) is 35.8 Å². The first kappa shape index (κ1) is 28.6. The number of nitrogens with zero attached hydrogens (tertiary/aromatic N) is 1. The molecule has 1 unspecified atom stereocenters. The van der Waals surface area contributed by atoms with Crippen molar-refractivity contribution in [3.05, 3.63) is 65.6 Å². The van der Waals surface area contributed by atoms with Crippen LogP contribution >= 0.6 is 0 Å². The third kappa shape index (κ3) is 8.31. The fraction of sp³-hybridized carbons (Fsp3) is 0.414. The standard InChI is InChI=1S/C29H32F4N2O4/c1-17-11-20(30)7-8-24(17)38-25-13-22(18-5-6-18)26(39-29(31,32)33)14-23(25)19-9-10-34-27(12-19)37-16-21(36)15-35-28(2,3)4/h7-14,18,21,35-36H,5-6,15-16H2,1-4H3. The number of rotatable bonds is 10. The fourth-order valence-corrected chi connectivity index (χ4v) is 3.98. The lowest BCUT2D eigenvalue weighted by Crippen LogP contribution is -2.42. The van der Waals surface area contributed by atoms with Crippen LogP contribution in [0.2, 0.25) is 0 Å². The molecule has 0 bridgehead atoms. The summed E-state index contributed by atoms with van der Waals surface area (Å²) in [7, 11) is 0. The van der Waals surface area contributed by atoms with Crippen molar-refractivity contribution >= 4 is 0 Å². The molecule has 1 aliphatic carbocycles. The summed E-state index contributed by atoms with van der Waals surface area (Å²) in [5.74, 6) is 0.0228. The molecule has 1 aliphatic rings. The quantitative estimate of drug-likeness (QED) is 0.269. The molecule has 6 nitrogen and oxygen atoms in total. The zero-order chi connectivity index (χ0) is 28.4. The highest BCUT2D eigenvalue weighted by atomic mass is 19.4. The van der Waals surface area contributed by atoms with Crippen molar-refractivity contribution in [2.75, 3.05) is 13.2 Å². The lowest BCUT2D eigenvalue weighted by Gasteiger charge is -2.23. The first-order valence-corrected chi connectivity index (χ1v) is 12.7. The maximum absolute atomic E-state index is 13.7. The number of halogens is 4. The summed E-state index contributed by atoms with van der Waals surface area (Å²) >= 11 is 0. The van der Waals surface area contributed by atoms with Crippen LogP contribution in [0.25, 0.3) is 11.1 Å². The molecule has 1 saturated carbocycles. The van der Waals surface area contributed by atoms with Crippen LogP contribution in [-0.2, 0) is 0 Å². The molecule has 0 radical (unpaired) electrons. The number of pyridine rings is 1. The van der Waals surface area contributed by atoms with Gasteiger partial charge in [-0.05, 0) is 94.0 Å². The van der Waals surface area contributed by atoms with E-state index in [1.807, 2.05) is 20.8 Å². The van der Waals surface area contributed by atoms with Gasteiger partial charge in [-0.3, -0.25) is 0 Å². The van der Waals surface area contributed by atoms with Gasteiger partial charge in [0.15, 0.2) is 0 Å². The van der Waals surface area contributed by atoms with Gasteiger partial charge in [0.2, 0.25) is 5.88 Å². The topological polar surface area (TPSA) is 72.8 Å². The van der Waals surface area contributed by atoms with Gasteiger partial charge in [-0.25, -0.2) is 9.37 Å². The average molecular weight is 549 g/mol. The minimum absolute atomic E-state index is 0.0410. The minimum atomic E-state index is -4.87. The number of benzene rings is 2. The molecule has 1 atom stereocenters. The average Bonchev–Trinajstić information content (AvgIpc) is 3.68. The van der Waals surface area contributed by atoms with Gasteiger partial charge in [0.05, 0.1) is 0 Å². The summed E-state index contributed by atoms with van der Waals surface area (Å²) in [6.07, 6.45) is -2.75. The van der Waals surface area contributed by atoms with E-state index < -0.39 is 18.3 Å². The molecule has 4 rings (SSSR count). The molecule has 0 amide bonds. The molecule has 1 heterocycles. The number of ether oxygens (including phenoxy) is 3. The Morgan fingerprint density at radius 3 is 2.41 bits per heavy atom. The predicted octanol–water partition coefficient (Wildman–Crippen LogP) is 6.89. The van der Waals surface area contributed by atoms with Crippen LogP contribution < -0.4 is 19.5 Å².